The molecule has 0 unspecified atom stereocenters. The molecule has 29 heavy (non-hydrogen) atoms. The predicted molar refractivity (Wildman–Crippen MR) is 105 cm³/mol. The van der Waals surface area contributed by atoms with Crippen LogP contribution in [0, 0.1) is 5.82 Å². The van der Waals surface area contributed by atoms with Crippen LogP contribution in [-0.2, 0) is 0 Å². The monoisotopic (exact) mass is 390 g/mol. The number of hydrogen-bond donors (Lipinski definition) is 1. The largest absolute Gasteiger partial charge is 0.486 e. The molecular formula is C22H15FN2O4. The lowest BCUT2D eigenvalue weighted by Gasteiger charge is -2.18. The van der Waals surface area contributed by atoms with E-state index in [1.54, 1.807) is 54.6 Å². The minimum absolute atomic E-state index is 0.188. The summed E-state index contributed by atoms with van der Waals surface area (Å²) in [6.45, 7) is 0.940. The summed E-state index contributed by atoms with van der Waals surface area (Å²) in [7, 11) is 0. The second kappa shape index (κ2) is 6.94. The van der Waals surface area contributed by atoms with Gasteiger partial charge in [-0.1, -0.05) is 12.1 Å². The van der Waals surface area contributed by atoms with Crippen molar-refractivity contribution in [3.05, 3.63) is 72.0 Å². The summed E-state index contributed by atoms with van der Waals surface area (Å²) in [5, 5.41) is 2.82. The van der Waals surface area contributed by atoms with E-state index in [4.69, 9.17) is 13.9 Å². The zero-order valence-corrected chi connectivity index (χ0v) is 15.1. The van der Waals surface area contributed by atoms with Crippen molar-refractivity contribution in [2.45, 2.75) is 0 Å². The van der Waals surface area contributed by atoms with Crippen LogP contribution in [0.25, 0.3) is 22.6 Å². The summed E-state index contributed by atoms with van der Waals surface area (Å²) in [5.74, 6) is 0.649. The number of benzene rings is 3. The smallest absolute Gasteiger partial charge is 0.255 e. The number of nitrogens with one attached hydrogen (secondary N) is 1. The molecule has 1 amide bonds. The number of hydrogen-bond acceptors (Lipinski definition) is 5. The first-order valence-electron chi connectivity index (χ1n) is 9.04. The van der Waals surface area contributed by atoms with E-state index in [0.29, 0.717) is 47.1 Å². The van der Waals surface area contributed by atoms with Crippen LogP contribution in [0.5, 0.6) is 11.5 Å². The van der Waals surface area contributed by atoms with Gasteiger partial charge in [0.1, 0.15) is 24.5 Å². The number of aromatic nitrogens is 1. The fourth-order valence-electron chi connectivity index (χ4n) is 3.14. The van der Waals surface area contributed by atoms with Crippen molar-refractivity contribution in [1.29, 1.82) is 0 Å². The predicted octanol–water partition coefficient (Wildman–Crippen LogP) is 4.66. The lowest BCUT2D eigenvalue weighted by molar-refractivity contribution is 0.102. The van der Waals surface area contributed by atoms with Crippen molar-refractivity contribution in [1.82, 2.24) is 4.98 Å². The van der Waals surface area contributed by atoms with Crippen LogP contribution < -0.4 is 14.8 Å². The Kier molecular flexibility index (Phi) is 4.13. The van der Waals surface area contributed by atoms with Crippen LogP contribution in [-0.4, -0.2) is 24.1 Å². The maximum atomic E-state index is 14.0. The molecule has 0 aliphatic carbocycles. The molecule has 0 fully saturated rings. The molecule has 0 saturated heterocycles. The molecule has 6 nitrogen and oxygen atoms in total. The molecule has 144 valence electrons. The molecule has 1 N–H and O–H groups in total. The highest BCUT2D eigenvalue weighted by atomic mass is 19.1. The molecule has 0 spiro atoms. The number of halogens is 1. The van der Waals surface area contributed by atoms with Gasteiger partial charge >= 0.3 is 0 Å². The third kappa shape index (κ3) is 3.27. The van der Waals surface area contributed by atoms with Crippen LogP contribution in [0.3, 0.4) is 0 Å². The second-order valence-corrected chi connectivity index (χ2v) is 6.49. The number of ether oxygens (including phenoxy) is 2. The highest BCUT2D eigenvalue weighted by Crippen LogP contribution is 2.31. The van der Waals surface area contributed by atoms with E-state index in [9.17, 15) is 9.18 Å². The van der Waals surface area contributed by atoms with Crippen molar-refractivity contribution < 1.29 is 23.1 Å². The van der Waals surface area contributed by atoms with Crippen LogP contribution >= 0.6 is 0 Å². The van der Waals surface area contributed by atoms with Gasteiger partial charge < -0.3 is 19.2 Å². The Morgan fingerprint density at radius 3 is 2.66 bits per heavy atom. The van der Waals surface area contributed by atoms with Gasteiger partial charge in [-0.3, -0.25) is 4.79 Å². The summed E-state index contributed by atoms with van der Waals surface area (Å²) in [6, 6.07) is 16.4. The highest BCUT2D eigenvalue weighted by molar-refractivity contribution is 6.05. The van der Waals surface area contributed by atoms with Crippen molar-refractivity contribution in [2.75, 3.05) is 18.5 Å². The van der Waals surface area contributed by atoms with Gasteiger partial charge in [-0.15, -0.1) is 0 Å². The maximum absolute atomic E-state index is 14.0. The van der Waals surface area contributed by atoms with Crippen molar-refractivity contribution in [2.24, 2.45) is 0 Å². The molecule has 1 aliphatic heterocycles. The number of oxazole rings is 1. The van der Waals surface area contributed by atoms with E-state index in [1.807, 2.05) is 0 Å². The Labute approximate surface area is 164 Å². The van der Waals surface area contributed by atoms with Crippen LogP contribution in [0.2, 0.25) is 0 Å². The first-order valence-corrected chi connectivity index (χ1v) is 9.04. The van der Waals surface area contributed by atoms with E-state index >= 15 is 0 Å². The van der Waals surface area contributed by atoms with Gasteiger partial charge in [0.05, 0.1) is 5.56 Å². The van der Waals surface area contributed by atoms with Gasteiger partial charge in [0.25, 0.3) is 5.91 Å². The highest BCUT2D eigenvalue weighted by Gasteiger charge is 2.16. The zero-order chi connectivity index (χ0) is 19.8. The third-order valence-corrected chi connectivity index (χ3v) is 4.55. The summed E-state index contributed by atoms with van der Waals surface area (Å²) in [4.78, 5) is 16.9. The first-order chi connectivity index (χ1) is 14.2. The van der Waals surface area contributed by atoms with Gasteiger partial charge in [0.2, 0.25) is 5.89 Å². The molecule has 0 radical (unpaired) electrons. The molecule has 1 aromatic heterocycles. The molecule has 3 aromatic carbocycles. The quantitative estimate of drug-likeness (QED) is 0.551. The Balaban J connectivity index is 1.41. The number of carbonyl (C=O) groups excluding carboxylic acids is 1. The number of anilines is 1. The molecular weight excluding hydrogens is 375 g/mol. The summed E-state index contributed by atoms with van der Waals surface area (Å²) in [5.41, 5.74) is 2.28. The van der Waals surface area contributed by atoms with Gasteiger partial charge in [-0.05, 0) is 42.5 Å². The normalized spacial score (nSPS) is 12.7. The Hall–Kier alpha value is -3.87. The lowest BCUT2D eigenvalue weighted by Crippen LogP contribution is -2.17. The van der Waals surface area contributed by atoms with E-state index in [2.05, 4.69) is 10.3 Å². The number of nitrogens with zero attached hydrogens (tertiary/aromatic N) is 1. The molecule has 0 saturated carbocycles. The van der Waals surface area contributed by atoms with Gasteiger partial charge in [-0.2, -0.15) is 0 Å². The molecule has 1 aliphatic rings. The molecule has 0 atom stereocenters. The molecule has 4 aromatic rings. The number of amides is 1. The topological polar surface area (TPSA) is 73.6 Å². The van der Waals surface area contributed by atoms with Crippen molar-refractivity contribution in [3.63, 3.8) is 0 Å². The molecule has 2 heterocycles. The van der Waals surface area contributed by atoms with Crippen molar-refractivity contribution >= 4 is 22.7 Å². The third-order valence-electron chi connectivity index (χ3n) is 4.55. The Morgan fingerprint density at radius 2 is 1.79 bits per heavy atom. The van der Waals surface area contributed by atoms with E-state index in [1.165, 1.54) is 6.07 Å². The maximum Gasteiger partial charge on any atom is 0.255 e. The number of fused-ring (bicyclic) bond motifs is 2. The average molecular weight is 390 g/mol. The minimum atomic E-state index is -0.411. The fourth-order valence-corrected chi connectivity index (χ4v) is 3.14. The minimum Gasteiger partial charge on any atom is -0.486 e. The molecule has 7 heteroatoms. The summed E-state index contributed by atoms with van der Waals surface area (Å²) in [6.07, 6.45) is 0. The standard InChI is InChI=1S/C22H15FN2O4/c23-16-4-2-1-3-15(16)22-25-17-7-6-14(12-19(17)29-22)24-21(26)13-5-8-18-20(11-13)28-10-9-27-18/h1-8,11-12H,9-10H2,(H,24,26). The lowest BCUT2D eigenvalue weighted by atomic mass is 10.1. The number of carbonyl (C=O) groups is 1. The fraction of sp³-hybridized carbons (Fsp3) is 0.0909. The summed E-state index contributed by atoms with van der Waals surface area (Å²) < 4.78 is 30.7. The summed E-state index contributed by atoms with van der Waals surface area (Å²) >= 11 is 0. The van der Waals surface area contributed by atoms with E-state index < -0.39 is 5.82 Å². The first kappa shape index (κ1) is 17.2. The Bertz CT molecular complexity index is 1230. The van der Waals surface area contributed by atoms with Crippen molar-refractivity contribution in [3.8, 4) is 23.0 Å². The van der Waals surface area contributed by atoms with E-state index in [-0.39, 0.29) is 17.4 Å². The molecule has 0 bridgehead atoms. The molecule has 5 rings (SSSR count). The van der Waals surface area contributed by atoms with Gasteiger partial charge in [0, 0.05) is 17.3 Å². The van der Waals surface area contributed by atoms with Crippen LogP contribution in [0.4, 0.5) is 10.1 Å². The second-order valence-electron chi connectivity index (χ2n) is 6.49. The number of rotatable bonds is 3. The van der Waals surface area contributed by atoms with Gasteiger partial charge in [-0.25, -0.2) is 9.37 Å². The average Bonchev–Trinajstić information content (AvgIpc) is 3.17. The van der Waals surface area contributed by atoms with E-state index in [0.717, 1.165) is 0 Å². The zero-order valence-electron chi connectivity index (χ0n) is 15.1. The van der Waals surface area contributed by atoms with Crippen LogP contribution in [0.15, 0.2) is 65.1 Å². The van der Waals surface area contributed by atoms with Gasteiger partial charge in [0.15, 0.2) is 17.1 Å². The SMILES string of the molecule is O=C(Nc1ccc2nc(-c3ccccc3F)oc2c1)c1ccc2c(c1)OCCO2. The van der Waals surface area contributed by atoms with Crippen LogP contribution in [0.1, 0.15) is 10.4 Å². The Morgan fingerprint density at radius 1 is 0.966 bits per heavy atom.